The molecule has 1 aromatic carbocycles. The molecule has 0 aliphatic carbocycles. The highest BCUT2D eigenvalue weighted by Crippen LogP contribution is 2.16. The third-order valence-corrected chi connectivity index (χ3v) is 2.48. The van der Waals surface area contributed by atoms with Gasteiger partial charge in [0.15, 0.2) is 5.82 Å². The molecule has 3 N–H and O–H groups in total. The maximum atomic E-state index is 5.80. The molecule has 84 valence electrons. The summed E-state index contributed by atoms with van der Waals surface area (Å²) >= 11 is 5.80. The summed E-state index contributed by atoms with van der Waals surface area (Å²) in [6.45, 7) is 0.679. The van der Waals surface area contributed by atoms with Gasteiger partial charge in [-0.3, -0.25) is 4.68 Å². The summed E-state index contributed by atoms with van der Waals surface area (Å²) in [7, 11) is 1.84. The van der Waals surface area contributed by atoms with E-state index >= 15 is 0 Å². The van der Waals surface area contributed by atoms with Crippen molar-refractivity contribution in [2.75, 3.05) is 11.1 Å². The molecule has 0 radical (unpaired) electrons. The summed E-state index contributed by atoms with van der Waals surface area (Å²) in [4.78, 5) is 0. The first-order valence-corrected chi connectivity index (χ1v) is 5.30. The number of aryl methyl sites for hydroxylation is 1. The van der Waals surface area contributed by atoms with Crippen molar-refractivity contribution in [3.05, 3.63) is 41.0 Å². The molecule has 0 fully saturated rings. The van der Waals surface area contributed by atoms with Crippen molar-refractivity contribution in [1.29, 1.82) is 0 Å². The van der Waals surface area contributed by atoms with Gasteiger partial charge in [0.2, 0.25) is 0 Å². The van der Waals surface area contributed by atoms with E-state index in [4.69, 9.17) is 17.3 Å². The molecule has 1 heterocycles. The average molecular weight is 237 g/mol. The van der Waals surface area contributed by atoms with E-state index in [1.165, 1.54) is 0 Å². The third-order valence-electron chi connectivity index (χ3n) is 2.23. The Morgan fingerprint density at radius 2 is 2.06 bits per heavy atom. The number of nitrogens with one attached hydrogen (secondary N) is 1. The molecule has 0 saturated carbocycles. The van der Waals surface area contributed by atoms with Crippen LogP contribution in [0.5, 0.6) is 0 Å². The Labute approximate surface area is 99.0 Å². The van der Waals surface area contributed by atoms with Crippen molar-refractivity contribution >= 4 is 23.1 Å². The molecule has 16 heavy (non-hydrogen) atoms. The van der Waals surface area contributed by atoms with Gasteiger partial charge < -0.3 is 11.1 Å². The van der Waals surface area contributed by atoms with E-state index in [1.807, 2.05) is 31.3 Å². The molecule has 2 aromatic rings. The van der Waals surface area contributed by atoms with Gasteiger partial charge in [0.1, 0.15) is 0 Å². The van der Waals surface area contributed by atoms with Crippen molar-refractivity contribution < 1.29 is 0 Å². The molecular formula is C11H13ClN4. The van der Waals surface area contributed by atoms with Crippen LogP contribution in [0.15, 0.2) is 30.5 Å². The fraction of sp³-hybridized carbons (Fsp3) is 0.182. The number of nitrogens with two attached hydrogens (primary N) is 1. The van der Waals surface area contributed by atoms with E-state index in [-0.39, 0.29) is 0 Å². The summed E-state index contributed by atoms with van der Waals surface area (Å²) in [5, 5.41) is 8.10. The Hall–Kier alpha value is -1.68. The second kappa shape index (κ2) is 4.45. The van der Waals surface area contributed by atoms with Gasteiger partial charge in [-0.15, -0.1) is 0 Å². The van der Waals surface area contributed by atoms with Gasteiger partial charge in [-0.2, -0.15) is 5.10 Å². The molecular weight excluding hydrogens is 224 g/mol. The smallest absolute Gasteiger partial charge is 0.171 e. The van der Waals surface area contributed by atoms with Crippen molar-refractivity contribution in [3.63, 3.8) is 0 Å². The number of anilines is 2. The van der Waals surface area contributed by atoms with Gasteiger partial charge >= 0.3 is 0 Å². The van der Waals surface area contributed by atoms with Crippen LogP contribution < -0.4 is 11.1 Å². The van der Waals surface area contributed by atoms with Crippen LogP contribution >= 0.6 is 11.6 Å². The second-order valence-electron chi connectivity index (χ2n) is 3.59. The van der Waals surface area contributed by atoms with Crippen molar-refractivity contribution in [2.45, 2.75) is 6.54 Å². The number of nitrogens with zero attached hydrogens (tertiary/aromatic N) is 2. The molecule has 4 nitrogen and oxygen atoms in total. The first-order chi connectivity index (χ1) is 7.65. The van der Waals surface area contributed by atoms with Crippen LogP contribution in [0.4, 0.5) is 11.5 Å². The second-order valence-corrected chi connectivity index (χ2v) is 4.02. The average Bonchev–Trinajstić information content (AvgIpc) is 2.57. The van der Waals surface area contributed by atoms with Crippen molar-refractivity contribution in [3.8, 4) is 0 Å². The summed E-state index contributed by atoms with van der Waals surface area (Å²) in [6.07, 6.45) is 1.77. The minimum absolute atomic E-state index is 0.650. The first kappa shape index (κ1) is 10.8. The predicted molar refractivity (Wildman–Crippen MR) is 66.4 cm³/mol. The van der Waals surface area contributed by atoms with Crippen LogP contribution in [0.3, 0.4) is 0 Å². The largest absolute Gasteiger partial charge is 0.394 e. The molecule has 0 amide bonds. The number of hydrogen-bond donors (Lipinski definition) is 2. The fourth-order valence-corrected chi connectivity index (χ4v) is 1.56. The van der Waals surface area contributed by atoms with E-state index in [2.05, 4.69) is 10.4 Å². The van der Waals surface area contributed by atoms with E-state index < -0.39 is 0 Å². The number of hydrogen-bond acceptors (Lipinski definition) is 3. The van der Waals surface area contributed by atoms with Gasteiger partial charge in [0.05, 0.1) is 5.69 Å². The standard InChI is InChI=1S/C11H13ClN4/c1-16-7-10(13)11(15-16)14-6-8-2-4-9(12)5-3-8/h2-5,7H,6,13H2,1H3,(H,14,15). The maximum absolute atomic E-state index is 5.80. The summed E-state index contributed by atoms with van der Waals surface area (Å²) in [5.41, 5.74) is 7.55. The SMILES string of the molecule is Cn1cc(N)c(NCc2ccc(Cl)cc2)n1. The lowest BCUT2D eigenvalue weighted by Crippen LogP contribution is -2.02. The van der Waals surface area contributed by atoms with Crippen LogP contribution in [-0.4, -0.2) is 9.78 Å². The maximum Gasteiger partial charge on any atom is 0.171 e. The minimum atomic E-state index is 0.650. The molecule has 0 aliphatic rings. The van der Waals surface area contributed by atoms with Gasteiger partial charge in [0, 0.05) is 24.8 Å². The van der Waals surface area contributed by atoms with Crippen LogP contribution in [0.25, 0.3) is 0 Å². The fourth-order valence-electron chi connectivity index (χ4n) is 1.43. The molecule has 0 unspecified atom stereocenters. The Balaban J connectivity index is 2.02. The van der Waals surface area contributed by atoms with E-state index in [0.29, 0.717) is 18.1 Å². The Bertz CT molecular complexity index is 475. The monoisotopic (exact) mass is 236 g/mol. The molecule has 0 spiro atoms. The Morgan fingerprint density at radius 3 is 2.62 bits per heavy atom. The van der Waals surface area contributed by atoms with Crippen LogP contribution in [0.1, 0.15) is 5.56 Å². The third kappa shape index (κ3) is 2.46. The van der Waals surface area contributed by atoms with Crippen molar-refractivity contribution in [2.24, 2.45) is 7.05 Å². The lowest BCUT2D eigenvalue weighted by atomic mass is 10.2. The Morgan fingerprint density at radius 1 is 1.38 bits per heavy atom. The minimum Gasteiger partial charge on any atom is -0.394 e. The van der Waals surface area contributed by atoms with Crippen molar-refractivity contribution in [1.82, 2.24) is 9.78 Å². The normalized spacial score (nSPS) is 10.4. The highest BCUT2D eigenvalue weighted by atomic mass is 35.5. The quantitative estimate of drug-likeness (QED) is 0.860. The number of aromatic nitrogens is 2. The molecule has 0 aliphatic heterocycles. The van der Waals surface area contributed by atoms with Crippen LogP contribution in [0, 0.1) is 0 Å². The topological polar surface area (TPSA) is 55.9 Å². The molecule has 2 rings (SSSR count). The molecule has 0 atom stereocenters. The molecule has 0 saturated heterocycles. The number of halogens is 1. The summed E-state index contributed by atoms with van der Waals surface area (Å²) in [6, 6.07) is 7.66. The van der Waals surface area contributed by atoms with Crippen LogP contribution in [0.2, 0.25) is 5.02 Å². The zero-order valence-corrected chi connectivity index (χ0v) is 9.70. The zero-order chi connectivity index (χ0) is 11.5. The molecule has 5 heteroatoms. The van der Waals surface area contributed by atoms with Gasteiger partial charge in [-0.25, -0.2) is 0 Å². The van der Waals surface area contributed by atoms with E-state index in [0.717, 1.165) is 10.6 Å². The van der Waals surface area contributed by atoms with Gasteiger partial charge in [-0.1, -0.05) is 23.7 Å². The lowest BCUT2D eigenvalue weighted by molar-refractivity contribution is 0.768. The summed E-state index contributed by atoms with van der Waals surface area (Å²) < 4.78 is 1.68. The Kier molecular flexibility index (Phi) is 3.01. The lowest BCUT2D eigenvalue weighted by Gasteiger charge is -2.04. The number of rotatable bonds is 3. The van der Waals surface area contributed by atoms with Gasteiger partial charge in [0.25, 0.3) is 0 Å². The van der Waals surface area contributed by atoms with E-state index in [9.17, 15) is 0 Å². The predicted octanol–water partition coefficient (Wildman–Crippen LogP) is 2.27. The number of benzene rings is 1. The van der Waals surface area contributed by atoms with Crippen LogP contribution in [-0.2, 0) is 13.6 Å². The highest BCUT2D eigenvalue weighted by molar-refractivity contribution is 6.30. The summed E-state index contributed by atoms with van der Waals surface area (Å²) in [5.74, 6) is 0.706. The molecule has 0 bridgehead atoms. The number of nitrogen functional groups attached to an aromatic ring is 1. The highest BCUT2D eigenvalue weighted by Gasteiger charge is 2.02. The zero-order valence-electron chi connectivity index (χ0n) is 8.94. The molecule has 1 aromatic heterocycles. The van der Waals surface area contributed by atoms with Gasteiger partial charge in [-0.05, 0) is 17.7 Å². The van der Waals surface area contributed by atoms with E-state index in [1.54, 1.807) is 10.9 Å². The first-order valence-electron chi connectivity index (χ1n) is 4.92.